The Hall–Kier alpha value is -0.420. The first-order valence-electron chi connectivity index (χ1n) is 1.71. The molecule has 48 valence electrons. The van der Waals surface area contributed by atoms with Crippen LogP contribution in [0.4, 0.5) is 4.39 Å². The molecule has 0 bridgehead atoms. The molecule has 0 radical (unpaired) electrons. The van der Waals surface area contributed by atoms with Gasteiger partial charge in [0.1, 0.15) is 0 Å². The molecule has 0 aromatic rings. The second kappa shape index (κ2) is 2.23. The number of hydrogen-bond donors (Lipinski definition) is 1. The van der Waals surface area contributed by atoms with Crippen LogP contribution in [0.5, 0.6) is 0 Å². The Morgan fingerprint density at radius 1 is 1.75 bits per heavy atom. The van der Waals surface area contributed by atoms with E-state index in [9.17, 15) is 12.8 Å². The van der Waals surface area contributed by atoms with Gasteiger partial charge < -0.3 is 0 Å². The molecule has 1 unspecified atom stereocenters. The monoisotopic (exact) mass is 140 g/mol. The van der Waals surface area contributed by atoms with Gasteiger partial charge in [-0.25, -0.2) is 4.39 Å². The molecule has 0 aliphatic carbocycles. The van der Waals surface area contributed by atoms with Crippen LogP contribution in [0.15, 0.2) is 12.7 Å². The van der Waals surface area contributed by atoms with Gasteiger partial charge in [-0.15, -0.1) is 0 Å². The Bertz CT molecular complexity index is 171. The van der Waals surface area contributed by atoms with Crippen LogP contribution in [0.25, 0.3) is 0 Å². The third kappa shape index (κ3) is 2.04. The molecule has 0 saturated carbocycles. The molecule has 5 heteroatoms. The van der Waals surface area contributed by atoms with E-state index in [1.165, 1.54) is 0 Å². The first-order valence-corrected chi connectivity index (χ1v) is 3.21. The average Bonchev–Trinajstić information content (AvgIpc) is 1.62. The van der Waals surface area contributed by atoms with Crippen molar-refractivity contribution in [1.82, 2.24) is 0 Å². The highest BCUT2D eigenvalue weighted by atomic mass is 32.2. The van der Waals surface area contributed by atoms with Crippen LogP contribution in [-0.4, -0.2) is 18.5 Å². The van der Waals surface area contributed by atoms with Gasteiger partial charge in [-0.2, -0.15) is 8.42 Å². The van der Waals surface area contributed by atoms with Crippen molar-refractivity contribution in [2.75, 3.05) is 0 Å². The summed E-state index contributed by atoms with van der Waals surface area (Å²) in [5, 5.41) is 0. The van der Waals surface area contributed by atoms with Crippen LogP contribution in [-0.2, 0) is 10.1 Å². The quantitative estimate of drug-likeness (QED) is 0.445. The van der Waals surface area contributed by atoms with Gasteiger partial charge >= 0.3 is 10.1 Å². The molecule has 8 heavy (non-hydrogen) atoms. The van der Waals surface area contributed by atoms with Gasteiger partial charge in [0.15, 0.2) is 0 Å². The summed E-state index contributed by atoms with van der Waals surface area (Å²) >= 11 is 0. The zero-order valence-corrected chi connectivity index (χ0v) is 4.73. The molecule has 0 amide bonds. The lowest BCUT2D eigenvalue weighted by Crippen LogP contribution is -2.10. The maximum absolute atomic E-state index is 11.7. The van der Waals surface area contributed by atoms with Gasteiger partial charge in [0.2, 0.25) is 5.50 Å². The zero-order valence-electron chi connectivity index (χ0n) is 3.91. The van der Waals surface area contributed by atoms with Crippen LogP contribution in [0.2, 0.25) is 0 Å². The lowest BCUT2D eigenvalue weighted by Gasteiger charge is -1.92. The number of alkyl halides is 1. The van der Waals surface area contributed by atoms with Crippen LogP contribution in [0.3, 0.4) is 0 Å². The maximum atomic E-state index is 11.7. The van der Waals surface area contributed by atoms with Crippen molar-refractivity contribution >= 4 is 10.1 Å². The van der Waals surface area contributed by atoms with E-state index >= 15 is 0 Å². The smallest absolute Gasteiger partial charge is 0.283 e. The van der Waals surface area contributed by atoms with Gasteiger partial charge in [0, 0.05) is 0 Å². The first-order chi connectivity index (χ1) is 3.48. The van der Waals surface area contributed by atoms with Crippen molar-refractivity contribution in [3.8, 4) is 0 Å². The third-order valence-corrected chi connectivity index (χ3v) is 1.23. The number of halogens is 1. The largest absolute Gasteiger partial charge is 0.301 e. The Balaban J connectivity index is 4.26. The van der Waals surface area contributed by atoms with Crippen LogP contribution < -0.4 is 0 Å². The molecule has 0 heterocycles. The van der Waals surface area contributed by atoms with Crippen LogP contribution in [0.1, 0.15) is 0 Å². The number of rotatable bonds is 2. The molecule has 0 aliphatic heterocycles. The summed E-state index contributed by atoms with van der Waals surface area (Å²) in [6.07, 6.45) is 0.495. The standard InChI is InChI=1S/C3H5FO3S/c1-2-3(4)8(5,6)7/h2-3H,1H2,(H,5,6,7). The molecule has 0 rings (SSSR count). The molecular weight excluding hydrogens is 135 g/mol. The van der Waals surface area contributed by atoms with Crippen molar-refractivity contribution in [2.45, 2.75) is 5.50 Å². The summed E-state index contributed by atoms with van der Waals surface area (Å²) in [6.45, 7) is 2.81. The molecular formula is C3H5FO3S. The lowest BCUT2D eigenvalue weighted by molar-refractivity contribution is 0.410. The summed E-state index contributed by atoms with van der Waals surface area (Å²) in [5.41, 5.74) is -2.36. The Kier molecular flexibility index (Phi) is 2.12. The fourth-order valence-electron chi connectivity index (χ4n) is 0.122. The maximum Gasteiger partial charge on any atom is 0.301 e. The molecule has 0 spiro atoms. The molecule has 0 aromatic heterocycles. The molecule has 3 nitrogen and oxygen atoms in total. The summed E-state index contributed by atoms with van der Waals surface area (Å²) in [4.78, 5) is 0. The molecule has 1 N–H and O–H groups in total. The van der Waals surface area contributed by atoms with Gasteiger partial charge in [-0.3, -0.25) is 4.55 Å². The summed E-state index contributed by atoms with van der Waals surface area (Å²) < 4.78 is 38.8. The molecule has 1 atom stereocenters. The van der Waals surface area contributed by atoms with Crippen LogP contribution in [0, 0.1) is 0 Å². The predicted molar refractivity (Wildman–Crippen MR) is 26.6 cm³/mol. The molecule has 0 aliphatic rings. The Labute approximate surface area is 46.6 Å². The van der Waals surface area contributed by atoms with Crippen molar-refractivity contribution in [2.24, 2.45) is 0 Å². The van der Waals surface area contributed by atoms with Crippen molar-refractivity contribution in [3.05, 3.63) is 12.7 Å². The second-order valence-corrected chi connectivity index (χ2v) is 2.58. The highest BCUT2D eigenvalue weighted by Gasteiger charge is 2.16. The van der Waals surface area contributed by atoms with Gasteiger partial charge in [-0.1, -0.05) is 6.58 Å². The fraction of sp³-hybridized carbons (Fsp3) is 0.333. The van der Waals surface area contributed by atoms with Gasteiger partial charge in [-0.05, 0) is 6.08 Å². The Morgan fingerprint density at radius 2 is 2.12 bits per heavy atom. The first kappa shape index (κ1) is 7.58. The van der Waals surface area contributed by atoms with Crippen molar-refractivity contribution in [3.63, 3.8) is 0 Å². The summed E-state index contributed by atoms with van der Waals surface area (Å²) in [6, 6.07) is 0. The van der Waals surface area contributed by atoms with Crippen LogP contribution >= 0.6 is 0 Å². The molecule has 0 fully saturated rings. The Morgan fingerprint density at radius 3 is 2.12 bits per heavy atom. The summed E-state index contributed by atoms with van der Waals surface area (Å²) in [7, 11) is -4.54. The average molecular weight is 140 g/mol. The van der Waals surface area contributed by atoms with E-state index in [2.05, 4.69) is 6.58 Å². The van der Waals surface area contributed by atoms with E-state index in [1.54, 1.807) is 0 Å². The predicted octanol–water partition coefficient (Wildman–Crippen LogP) is 0.356. The lowest BCUT2D eigenvalue weighted by atomic mass is 10.7. The highest BCUT2D eigenvalue weighted by molar-refractivity contribution is 7.86. The summed E-state index contributed by atoms with van der Waals surface area (Å²) in [5.74, 6) is 0. The van der Waals surface area contributed by atoms with E-state index in [4.69, 9.17) is 4.55 Å². The fourth-order valence-corrected chi connectivity index (χ4v) is 0.365. The minimum atomic E-state index is -4.54. The zero-order chi connectivity index (χ0) is 6.78. The normalized spacial score (nSPS) is 15.2. The van der Waals surface area contributed by atoms with Gasteiger partial charge in [0.25, 0.3) is 0 Å². The van der Waals surface area contributed by atoms with E-state index in [-0.39, 0.29) is 0 Å². The SMILES string of the molecule is C=CC(F)S(=O)(=O)O. The van der Waals surface area contributed by atoms with Gasteiger partial charge in [0.05, 0.1) is 0 Å². The third-order valence-electron chi connectivity index (χ3n) is 0.470. The van der Waals surface area contributed by atoms with E-state index in [1.807, 2.05) is 0 Å². The minimum absolute atomic E-state index is 0.495. The minimum Gasteiger partial charge on any atom is -0.283 e. The van der Waals surface area contributed by atoms with Crippen molar-refractivity contribution < 1.29 is 17.4 Å². The molecule has 0 aromatic carbocycles. The van der Waals surface area contributed by atoms with E-state index in [0.717, 1.165) is 0 Å². The second-order valence-electron chi connectivity index (χ2n) is 1.10. The topological polar surface area (TPSA) is 54.4 Å². The molecule has 0 saturated heterocycles. The van der Waals surface area contributed by atoms with Crippen molar-refractivity contribution in [1.29, 1.82) is 0 Å². The van der Waals surface area contributed by atoms with E-state index < -0.39 is 15.6 Å². The van der Waals surface area contributed by atoms with E-state index in [0.29, 0.717) is 6.08 Å². The number of hydrogen-bond acceptors (Lipinski definition) is 2. The highest BCUT2D eigenvalue weighted by Crippen LogP contribution is 1.98.